The Morgan fingerprint density at radius 2 is 2.31 bits per heavy atom. The van der Waals surface area contributed by atoms with E-state index in [0.717, 1.165) is 17.6 Å². The number of fused-ring (bicyclic) bond motifs is 1. The SMILES string of the molecule is CC(C)Cn1cc(C#N)c2cc(Cl)cnc21. The van der Waals surface area contributed by atoms with Gasteiger partial charge in [-0.15, -0.1) is 0 Å². The highest BCUT2D eigenvalue weighted by molar-refractivity contribution is 6.31. The van der Waals surface area contributed by atoms with Crippen molar-refractivity contribution in [2.75, 3.05) is 0 Å². The van der Waals surface area contributed by atoms with Crippen LogP contribution in [0.3, 0.4) is 0 Å². The number of rotatable bonds is 2. The summed E-state index contributed by atoms with van der Waals surface area (Å²) in [5, 5.41) is 10.4. The Morgan fingerprint density at radius 1 is 1.56 bits per heavy atom. The Labute approximate surface area is 99.3 Å². The molecule has 0 saturated carbocycles. The molecule has 0 aliphatic carbocycles. The zero-order valence-electron chi connectivity index (χ0n) is 9.24. The highest BCUT2D eigenvalue weighted by Gasteiger charge is 2.10. The molecule has 2 rings (SSSR count). The normalized spacial score (nSPS) is 10.9. The van der Waals surface area contributed by atoms with E-state index in [1.165, 1.54) is 0 Å². The lowest BCUT2D eigenvalue weighted by Crippen LogP contribution is -2.03. The molecule has 2 aromatic rings. The van der Waals surface area contributed by atoms with Crippen LogP contribution in [0.5, 0.6) is 0 Å². The highest BCUT2D eigenvalue weighted by atomic mass is 35.5. The summed E-state index contributed by atoms with van der Waals surface area (Å²) in [7, 11) is 0. The first-order valence-electron chi connectivity index (χ1n) is 5.16. The fraction of sp³-hybridized carbons (Fsp3) is 0.333. The van der Waals surface area contributed by atoms with E-state index in [1.54, 1.807) is 12.3 Å². The maximum Gasteiger partial charge on any atom is 0.141 e. The van der Waals surface area contributed by atoms with Crippen LogP contribution in [0.15, 0.2) is 18.5 Å². The van der Waals surface area contributed by atoms with Crippen LogP contribution in [0.1, 0.15) is 19.4 Å². The Kier molecular flexibility index (Phi) is 2.84. The number of nitrogens with zero attached hydrogens (tertiary/aromatic N) is 3. The molecule has 0 aromatic carbocycles. The van der Waals surface area contributed by atoms with E-state index < -0.39 is 0 Å². The third-order valence-electron chi connectivity index (χ3n) is 2.36. The molecule has 0 fully saturated rings. The molecule has 0 bridgehead atoms. The molecule has 0 radical (unpaired) electrons. The molecular formula is C12H12ClN3. The quantitative estimate of drug-likeness (QED) is 0.799. The molecule has 0 aliphatic rings. The molecule has 0 N–H and O–H groups in total. The van der Waals surface area contributed by atoms with Gasteiger partial charge in [-0.1, -0.05) is 25.4 Å². The van der Waals surface area contributed by atoms with Crippen LogP contribution in [0.2, 0.25) is 5.02 Å². The second-order valence-corrected chi connectivity index (χ2v) is 4.66. The van der Waals surface area contributed by atoms with Crippen molar-refractivity contribution in [2.24, 2.45) is 5.92 Å². The summed E-state index contributed by atoms with van der Waals surface area (Å²) in [6.07, 6.45) is 3.45. The first-order valence-corrected chi connectivity index (χ1v) is 5.54. The van der Waals surface area contributed by atoms with E-state index in [1.807, 2.05) is 10.8 Å². The second-order valence-electron chi connectivity index (χ2n) is 4.23. The summed E-state index contributed by atoms with van der Waals surface area (Å²) in [5.74, 6) is 0.514. The lowest BCUT2D eigenvalue weighted by Gasteiger charge is -2.06. The topological polar surface area (TPSA) is 41.6 Å². The molecule has 0 unspecified atom stereocenters. The van der Waals surface area contributed by atoms with Crippen molar-refractivity contribution in [3.05, 3.63) is 29.0 Å². The Bertz CT molecular complexity index is 563. The third-order valence-corrected chi connectivity index (χ3v) is 2.57. The van der Waals surface area contributed by atoms with Crippen molar-refractivity contribution in [2.45, 2.75) is 20.4 Å². The van der Waals surface area contributed by atoms with Crippen molar-refractivity contribution >= 4 is 22.6 Å². The van der Waals surface area contributed by atoms with Gasteiger partial charge in [0, 0.05) is 24.3 Å². The van der Waals surface area contributed by atoms with E-state index in [2.05, 4.69) is 24.9 Å². The minimum atomic E-state index is 0.514. The standard InChI is InChI=1S/C12H12ClN3/c1-8(2)6-16-7-9(4-14)11-3-10(13)5-15-12(11)16/h3,5,7-8H,6H2,1-2H3. The van der Waals surface area contributed by atoms with Crippen molar-refractivity contribution in [3.63, 3.8) is 0 Å². The van der Waals surface area contributed by atoms with Crippen LogP contribution in [-0.2, 0) is 6.54 Å². The summed E-state index contributed by atoms with van der Waals surface area (Å²) in [6.45, 7) is 5.12. The van der Waals surface area contributed by atoms with Crippen LogP contribution < -0.4 is 0 Å². The Balaban J connectivity index is 2.64. The molecule has 82 valence electrons. The van der Waals surface area contributed by atoms with E-state index in [-0.39, 0.29) is 0 Å². The monoisotopic (exact) mass is 233 g/mol. The Hall–Kier alpha value is -1.53. The lowest BCUT2D eigenvalue weighted by atomic mass is 10.2. The van der Waals surface area contributed by atoms with Crippen LogP contribution in [0.4, 0.5) is 0 Å². The fourth-order valence-electron chi connectivity index (χ4n) is 1.77. The molecule has 2 aromatic heterocycles. The molecule has 3 nitrogen and oxygen atoms in total. The maximum atomic E-state index is 9.04. The summed E-state index contributed by atoms with van der Waals surface area (Å²) >= 11 is 5.88. The lowest BCUT2D eigenvalue weighted by molar-refractivity contribution is 0.533. The van der Waals surface area contributed by atoms with E-state index in [0.29, 0.717) is 16.5 Å². The molecule has 0 saturated heterocycles. The maximum absolute atomic E-state index is 9.04. The zero-order valence-corrected chi connectivity index (χ0v) is 9.99. The van der Waals surface area contributed by atoms with Gasteiger partial charge in [0.2, 0.25) is 0 Å². The zero-order chi connectivity index (χ0) is 11.7. The van der Waals surface area contributed by atoms with E-state index >= 15 is 0 Å². The van der Waals surface area contributed by atoms with Gasteiger partial charge in [0.05, 0.1) is 10.6 Å². The van der Waals surface area contributed by atoms with Crippen LogP contribution >= 0.6 is 11.6 Å². The predicted octanol–water partition coefficient (Wildman–Crippen LogP) is 3.22. The number of pyridine rings is 1. The van der Waals surface area contributed by atoms with Gasteiger partial charge >= 0.3 is 0 Å². The fourth-order valence-corrected chi connectivity index (χ4v) is 1.93. The number of hydrogen-bond donors (Lipinski definition) is 0. The van der Waals surface area contributed by atoms with Gasteiger partial charge in [-0.25, -0.2) is 4.98 Å². The molecule has 0 aliphatic heterocycles. The number of halogens is 1. The van der Waals surface area contributed by atoms with E-state index in [4.69, 9.17) is 16.9 Å². The average Bonchev–Trinajstić information content (AvgIpc) is 2.55. The largest absolute Gasteiger partial charge is 0.331 e. The second kappa shape index (κ2) is 4.15. The molecule has 4 heteroatoms. The van der Waals surface area contributed by atoms with Crippen molar-refractivity contribution in [1.82, 2.24) is 9.55 Å². The van der Waals surface area contributed by atoms with Gasteiger partial charge in [-0.05, 0) is 12.0 Å². The molecular weight excluding hydrogens is 222 g/mol. The van der Waals surface area contributed by atoms with Gasteiger partial charge in [0.1, 0.15) is 11.7 Å². The summed E-state index contributed by atoms with van der Waals surface area (Å²) in [4.78, 5) is 4.28. The van der Waals surface area contributed by atoms with Gasteiger partial charge in [0.25, 0.3) is 0 Å². The van der Waals surface area contributed by atoms with Crippen LogP contribution in [-0.4, -0.2) is 9.55 Å². The molecule has 16 heavy (non-hydrogen) atoms. The number of aromatic nitrogens is 2. The predicted molar refractivity (Wildman–Crippen MR) is 64.3 cm³/mol. The van der Waals surface area contributed by atoms with Gasteiger partial charge in [-0.2, -0.15) is 5.26 Å². The Morgan fingerprint density at radius 3 is 2.94 bits per heavy atom. The van der Waals surface area contributed by atoms with Crippen molar-refractivity contribution in [1.29, 1.82) is 5.26 Å². The molecule has 2 heterocycles. The minimum Gasteiger partial charge on any atom is -0.331 e. The summed E-state index contributed by atoms with van der Waals surface area (Å²) in [6, 6.07) is 3.96. The minimum absolute atomic E-state index is 0.514. The first-order chi connectivity index (χ1) is 7.61. The molecule has 0 amide bonds. The highest BCUT2D eigenvalue weighted by Crippen LogP contribution is 2.23. The van der Waals surface area contributed by atoms with E-state index in [9.17, 15) is 0 Å². The molecule has 0 spiro atoms. The summed E-state index contributed by atoms with van der Waals surface area (Å²) < 4.78 is 2.01. The smallest absolute Gasteiger partial charge is 0.141 e. The first kappa shape index (κ1) is 11.0. The summed E-state index contributed by atoms with van der Waals surface area (Å²) in [5.41, 5.74) is 1.46. The number of nitriles is 1. The van der Waals surface area contributed by atoms with Crippen LogP contribution in [0.25, 0.3) is 11.0 Å². The van der Waals surface area contributed by atoms with Gasteiger partial charge < -0.3 is 4.57 Å². The van der Waals surface area contributed by atoms with Gasteiger partial charge in [0.15, 0.2) is 0 Å². The van der Waals surface area contributed by atoms with Crippen LogP contribution in [0, 0.1) is 17.2 Å². The van der Waals surface area contributed by atoms with Gasteiger partial charge in [-0.3, -0.25) is 0 Å². The molecule has 0 atom stereocenters. The number of hydrogen-bond acceptors (Lipinski definition) is 2. The third kappa shape index (κ3) is 1.89. The van der Waals surface area contributed by atoms with Crippen molar-refractivity contribution in [3.8, 4) is 6.07 Å². The van der Waals surface area contributed by atoms with Crippen molar-refractivity contribution < 1.29 is 0 Å². The average molecular weight is 234 g/mol.